The molecule has 4 aromatic rings. The van der Waals surface area contributed by atoms with Crippen LogP contribution in [-0.2, 0) is 27.6 Å². The summed E-state index contributed by atoms with van der Waals surface area (Å²) in [6.45, 7) is 4.78. The largest absolute Gasteiger partial charge is 0.336 e. The number of fused-ring (bicyclic) bond motifs is 2. The molecule has 0 N–H and O–H groups in total. The van der Waals surface area contributed by atoms with Crippen molar-refractivity contribution in [2.75, 3.05) is 6.54 Å². The van der Waals surface area contributed by atoms with Gasteiger partial charge in [0, 0.05) is 62.3 Å². The monoisotopic (exact) mass is 403 g/mol. The molecule has 0 aliphatic carbocycles. The van der Waals surface area contributed by atoms with E-state index in [9.17, 15) is 4.79 Å². The summed E-state index contributed by atoms with van der Waals surface area (Å²) in [7, 11) is 5.86. The molecule has 0 unspecified atom stereocenters. The van der Waals surface area contributed by atoms with Crippen LogP contribution in [0.3, 0.4) is 0 Å². The molecule has 0 radical (unpaired) electrons. The Kier molecular flexibility index (Phi) is 4.06. The molecule has 30 heavy (non-hydrogen) atoms. The summed E-state index contributed by atoms with van der Waals surface area (Å²) in [5, 5.41) is 10.1. The molecule has 4 aromatic heterocycles. The van der Waals surface area contributed by atoms with Gasteiger partial charge in [0.15, 0.2) is 0 Å². The van der Waals surface area contributed by atoms with E-state index in [1.807, 2.05) is 64.5 Å². The zero-order chi connectivity index (χ0) is 21.2. The number of amides is 1. The molecule has 0 bridgehead atoms. The SMILES string of the molecule is Cc1c(-c2c3c(nn2C)[C@H](C)N(C(=O)c2ccnc4c2ccn4C)CC3)cnn1C. The Bertz CT molecular complexity index is 1290. The van der Waals surface area contributed by atoms with E-state index in [1.165, 1.54) is 5.56 Å². The Balaban J connectivity index is 1.54. The minimum atomic E-state index is -0.106. The first-order valence-corrected chi connectivity index (χ1v) is 10.1. The Labute approximate surface area is 174 Å². The first-order chi connectivity index (χ1) is 14.4. The maximum Gasteiger partial charge on any atom is 0.255 e. The second-order valence-electron chi connectivity index (χ2n) is 8.05. The van der Waals surface area contributed by atoms with Crippen LogP contribution >= 0.6 is 0 Å². The molecule has 5 rings (SSSR count). The summed E-state index contributed by atoms with van der Waals surface area (Å²) in [4.78, 5) is 19.8. The number of nitrogens with zero attached hydrogens (tertiary/aromatic N) is 7. The van der Waals surface area contributed by atoms with Gasteiger partial charge in [0.1, 0.15) is 5.65 Å². The standard InChI is InChI=1S/C22H25N7O/c1-13-18(12-24-27(13)4)20-17-8-11-29(14(2)19(17)25-28(20)5)22(30)16-6-9-23-21-15(16)7-10-26(21)3/h6-7,9-10,12,14H,8,11H2,1-5H3/t14-/m0/s1. The Morgan fingerprint density at radius 3 is 2.70 bits per heavy atom. The third kappa shape index (κ3) is 2.52. The van der Waals surface area contributed by atoms with E-state index >= 15 is 0 Å². The molecule has 1 amide bonds. The molecular formula is C22H25N7O. The smallest absolute Gasteiger partial charge is 0.255 e. The lowest BCUT2D eigenvalue weighted by molar-refractivity contribution is 0.0675. The lowest BCUT2D eigenvalue weighted by atomic mass is 9.95. The van der Waals surface area contributed by atoms with Gasteiger partial charge < -0.3 is 9.47 Å². The average molecular weight is 403 g/mol. The van der Waals surface area contributed by atoms with Crippen LogP contribution in [0.5, 0.6) is 0 Å². The highest BCUT2D eigenvalue weighted by Crippen LogP contribution is 2.37. The van der Waals surface area contributed by atoms with E-state index < -0.39 is 0 Å². The van der Waals surface area contributed by atoms with E-state index in [4.69, 9.17) is 5.10 Å². The van der Waals surface area contributed by atoms with Gasteiger partial charge in [0.2, 0.25) is 0 Å². The van der Waals surface area contributed by atoms with Crippen molar-refractivity contribution < 1.29 is 4.79 Å². The van der Waals surface area contributed by atoms with E-state index in [0.717, 1.165) is 40.1 Å². The van der Waals surface area contributed by atoms with E-state index in [2.05, 4.69) is 23.9 Å². The minimum Gasteiger partial charge on any atom is -0.336 e. The molecule has 0 aromatic carbocycles. The fourth-order valence-electron chi connectivity index (χ4n) is 4.60. The van der Waals surface area contributed by atoms with Crippen LogP contribution < -0.4 is 0 Å². The van der Waals surface area contributed by atoms with Gasteiger partial charge in [0.25, 0.3) is 5.91 Å². The molecule has 0 saturated carbocycles. The van der Waals surface area contributed by atoms with Gasteiger partial charge in [-0.1, -0.05) is 0 Å². The summed E-state index contributed by atoms with van der Waals surface area (Å²) >= 11 is 0. The third-order valence-electron chi connectivity index (χ3n) is 6.39. The summed E-state index contributed by atoms with van der Waals surface area (Å²) in [6.07, 6.45) is 6.32. The fraction of sp³-hybridized carbons (Fsp3) is 0.364. The molecule has 154 valence electrons. The predicted octanol–water partition coefficient (Wildman–Crippen LogP) is 2.78. The van der Waals surface area contributed by atoms with Crippen LogP contribution in [0, 0.1) is 6.92 Å². The maximum atomic E-state index is 13.5. The lowest BCUT2D eigenvalue weighted by Crippen LogP contribution is -2.39. The molecular weight excluding hydrogens is 378 g/mol. The van der Waals surface area contributed by atoms with E-state index in [1.54, 1.807) is 6.20 Å². The number of rotatable bonds is 2. The first kappa shape index (κ1) is 18.6. The van der Waals surface area contributed by atoms with Crippen molar-refractivity contribution in [2.24, 2.45) is 21.1 Å². The zero-order valence-corrected chi connectivity index (χ0v) is 17.9. The molecule has 5 heterocycles. The minimum absolute atomic E-state index is 0.0245. The number of aromatic nitrogens is 6. The van der Waals surface area contributed by atoms with Crippen LogP contribution in [-0.4, -0.2) is 46.5 Å². The van der Waals surface area contributed by atoms with Crippen molar-refractivity contribution in [3.8, 4) is 11.3 Å². The summed E-state index contributed by atoms with van der Waals surface area (Å²) in [5.41, 5.74) is 6.99. The molecule has 1 atom stereocenters. The molecule has 0 saturated heterocycles. The highest BCUT2D eigenvalue weighted by atomic mass is 16.2. The van der Waals surface area contributed by atoms with Crippen molar-refractivity contribution in [2.45, 2.75) is 26.3 Å². The van der Waals surface area contributed by atoms with Crippen molar-refractivity contribution in [3.63, 3.8) is 0 Å². The second-order valence-corrected chi connectivity index (χ2v) is 8.05. The van der Waals surface area contributed by atoms with Crippen LogP contribution in [0.1, 0.15) is 40.3 Å². The summed E-state index contributed by atoms with van der Waals surface area (Å²) in [6, 6.07) is 3.67. The van der Waals surface area contributed by atoms with Crippen molar-refractivity contribution in [1.29, 1.82) is 0 Å². The van der Waals surface area contributed by atoms with Gasteiger partial charge in [-0.05, 0) is 32.4 Å². The van der Waals surface area contributed by atoms with Crippen LogP contribution in [0.4, 0.5) is 0 Å². The Morgan fingerprint density at radius 2 is 1.97 bits per heavy atom. The average Bonchev–Trinajstić information content (AvgIpc) is 3.38. The third-order valence-corrected chi connectivity index (χ3v) is 6.39. The number of hydrogen-bond donors (Lipinski definition) is 0. The number of pyridine rings is 1. The van der Waals surface area contributed by atoms with Crippen LogP contribution in [0.2, 0.25) is 0 Å². The predicted molar refractivity (Wildman–Crippen MR) is 114 cm³/mol. The van der Waals surface area contributed by atoms with Gasteiger partial charge in [0.05, 0.1) is 29.2 Å². The van der Waals surface area contributed by atoms with Gasteiger partial charge in [-0.15, -0.1) is 0 Å². The van der Waals surface area contributed by atoms with E-state index in [0.29, 0.717) is 12.1 Å². The van der Waals surface area contributed by atoms with Crippen molar-refractivity contribution >= 4 is 16.9 Å². The lowest BCUT2D eigenvalue weighted by Gasteiger charge is -2.33. The van der Waals surface area contributed by atoms with Gasteiger partial charge >= 0.3 is 0 Å². The number of carbonyl (C=O) groups excluding carboxylic acids is 1. The Morgan fingerprint density at radius 1 is 1.17 bits per heavy atom. The van der Waals surface area contributed by atoms with Gasteiger partial charge in [-0.3, -0.25) is 14.2 Å². The molecule has 8 heteroatoms. The molecule has 8 nitrogen and oxygen atoms in total. The molecule has 0 fully saturated rings. The molecule has 1 aliphatic rings. The fourth-order valence-corrected chi connectivity index (χ4v) is 4.60. The molecule has 1 aliphatic heterocycles. The van der Waals surface area contributed by atoms with Crippen LogP contribution in [0.25, 0.3) is 22.3 Å². The zero-order valence-electron chi connectivity index (χ0n) is 17.9. The second kappa shape index (κ2) is 6.55. The maximum absolute atomic E-state index is 13.5. The summed E-state index contributed by atoms with van der Waals surface area (Å²) in [5.74, 6) is 0.0245. The van der Waals surface area contributed by atoms with Gasteiger partial charge in [-0.25, -0.2) is 4.98 Å². The molecule has 0 spiro atoms. The van der Waals surface area contributed by atoms with Crippen molar-refractivity contribution in [1.82, 2.24) is 34.0 Å². The number of aryl methyl sites for hydroxylation is 3. The highest BCUT2D eigenvalue weighted by Gasteiger charge is 2.34. The number of carbonyl (C=O) groups is 1. The van der Waals surface area contributed by atoms with Crippen LogP contribution in [0.15, 0.2) is 30.7 Å². The number of hydrogen-bond acceptors (Lipinski definition) is 4. The van der Waals surface area contributed by atoms with E-state index in [-0.39, 0.29) is 11.9 Å². The first-order valence-electron chi connectivity index (χ1n) is 10.1. The normalized spacial score (nSPS) is 16.3. The van der Waals surface area contributed by atoms with Crippen molar-refractivity contribution in [3.05, 3.63) is 53.2 Å². The topological polar surface area (TPSA) is 73.8 Å². The van der Waals surface area contributed by atoms with Gasteiger partial charge in [-0.2, -0.15) is 10.2 Å². The Hall–Kier alpha value is -3.42. The highest BCUT2D eigenvalue weighted by molar-refractivity contribution is 6.05. The quantitative estimate of drug-likeness (QED) is 0.516. The summed E-state index contributed by atoms with van der Waals surface area (Å²) < 4.78 is 5.75.